The molecule has 0 saturated carbocycles. The molecule has 1 heterocycles. The molecular weight excluding hydrogens is 261 g/mol. The van der Waals surface area contributed by atoms with Crippen molar-refractivity contribution < 1.29 is 23.0 Å². The fourth-order valence-corrected chi connectivity index (χ4v) is 2.42. The largest absolute Gasteiger partial charge is 0.401 e. The molecule has 0 spiro atoms. The molecule has 1 rings (SSSR count). The second kappa shape index (κ2) is 8.04. The van der Waals surface area contributed by atoms with Gasteiger partial charge in [0, 0.05) is 25.8 Å². The van der Waals surface area contributed by atoms with Crippen molar-refractivity contribution in [3.8, 4) is 0 Å². The molecule has 0 aromatic rings. The molecule has 0 aliphatic carbocycles. The molecule has 0 amide bonds. The molecule has 1 fully saturated rings. The van der Waals surface area contributed by atoms with Crippen molar-refractivity contribution in [2.75, 3.05) is 40.0 Å². The van der Waals surface area contributed by atoms with Crippen LogP contribution in [-0.4, -0.2) is 68.2 Å². The Labute approximate surface area is 111 Å². The smallest absolute Gasteiger partial charge is 0.396 e. The number of aliphatic hydroxyl groups excluding tert-OH is 1. The van der Waals surface area contributed by atoms with Crippen molar-refractivity contribution in [2.45, 2.75) is 37.5 Å². The summed E-state index contributed by atoms with van der Waals surface area (Å²) in [4.78, 5) is 1.44. The zero-order chi connectivity index (χ0) is 14.3. The standard InChI is InChI=1S/C12H23F3N2O2/c1-19-8-11(4-7-18)16-10-2-5-17(6-3-10)9-12(13,14)15/h10-11,16,18H,2-9H2,1H3. The van der Waals surface area contributed by atoms with Gasteiger partial charge in [-0.1, -0.05) is 0 Å². The van der Waals surface area contributed by atoms with Crippen LogP contribution in [0, 0.1) is 0 Å². The summed E-state index contributed by atoms with van der Waals surface area (Å²) >= 11 is 0. The first kappa shape index (κ1) is 16.7. The number of methoxy groups -OCH3 is 1. The van der Waals surface area contributed by atoms with Crippen molar-refractivity contribution in [2.24, 2.45) is 0 Å². The van der Waals surface area contributed by atoms with Crippen LogP contribution in [0.15, 0.2) is 0 Å². The number of likely N-dealkylation sites (tertiary alicyclic amines) is 1. The van der Waals surface area contributed by atoms with Gasteiger partial charge < -0.3 is 15.2 Å². The SMILES string of the molecule is COCC(CCO)NC1CCN(CC(F)(F)F)CC1. The van der Waals surface area contributed by atoms with E-state index in [-0.39, 0.29) is 18.7 Å². The summed E-state index contributed by atoms with van der Waals surface area (Å²) in [5.41, 5.74) is 0. The van der Waals surface area contributed by atoms with Gasteiger partial charge in [-0.2, -0.15) is 13.2 Å². The summed E-state index contributed by atoms with van der Waals surface area (Å²) in [5, 5.41) is 12.3. The lowest BCUT2D eigenvalue weighted by Gasteiger charge is -2.34. The first-order chi connectivity index (χ1) is 8.94. The van der Waals surface area contributed by atoms with E-state index < -0.39 is 12.7 Å². The molecular formula is C12H23F3N2O2. The van der Waals surface area contributed by atoms with Crippen molar-refractivity contribution in [3.63, 3.8) is 0 Å². The lowest BCUT2D eigenvalue weighted by Crippen LogP contribution is -2.49. The molecule has 0 aromatic carbocycles. The highest BCUT2D eigenvalue weighted by atomic mass is 19.4. The van der Waals surface area contributed by atoms with E-state index in [9.17, 15) is 13.2 Å². The quantitative estimate of drug-likeness (QED) is 0.732. The van der Waals surface area contributed by atoms with E-state index in [4.69, 9.17) is 9.84 Å². The maximum Gasteiger partial charge on any atom is 0.401 e. The molecule has 19 heavy (non-hydrogen) atoms. The van der Waals surface area contributed by atoms with Gasteiger partial charge in [0.25, 0.3) is 0 Å². The maximum atomic E-state index is 12.2. The highest BCUT2D eigenvalue weighted by Crippen LogP contribution is 2.20. The summed E-state index contributed by atoms with van der Waals surface area (Å²) < 4.78 is 41.8. The second-order valence-electron chi connectivity index (χ2n) is 5.00. The number of alkyl halides is 3. The molecule has 1 atom stereocenters. The predicted molar refractivity (Wildman–Crippen MR) is 66.0 cm³/mol. The average Bonchev–Trinajstić information content (AvgIpc) is 2.30. The van der Waals surface area contributed by atoms with Gasteiger partial charge in [-0.25, -0.2) is 0 Å². The van der Waals surface area contributed by atoms with Crippen molar-refractivity contribution in [3.05, 3.63) is 0 Å². The number of ether oxygens (including phenoxy) is 1. The van der Waals surface area contributed by atoms with Crippen LogP contribution in [0.4, 0.5) is 13.2 Å². The van der Waals surface area contributed by atoms with Crippen molar-refractivity contribution >= 4 is 0 Å². The molecule has 0 bridgehead atoms. The van der Waals surface area contributed by atoms with E-state index >= 15 is 0 Å². The van der Waals surface area contributed by atoms with Gasteiger partial charge in [0.05, 0.1) is 13.2 Å². The second-order valence-corrected chi connectivity index (χ2v) is 5.00. The third-order valence-electron chi connectivity index (χ3n) is 3.31. The molecule has 1 aliphatic rings. The number of rotatable bonds is 7. The van der Waals surface area contributed by atoms with E-state index in [0.717, 1.165) is 0 Å². The normalized spacial score (nSPS) is 20.7. The molecule has 114 valence electrons. The van der Waals surface area contributed by atoms with Crippen LogP contribution in [0.1, 0.15) is 19.3 Å². The Balaban J connectivity index is 2.28. The van der Waals surface area contributed by atoms with Gasteiger partial charge >= 0.3 is 6.18 Å². The summed E-state index contributed by atoms with van der Waals surface area (Å²) in [6.07, 6.45) is -2.13. The minimum atomic E-state index is -4.12. The van der Waals surface area contributed by atoms with E-state index in [1.54, 1.807) is 7.11 Å². The lowest BCUT2D eigenvalue weighted by molar-refractivity contribution is -0.148. The van der Waals surface area contributed by atoms with Crippen LogP contribution >= 0.6 is 0 Å². The number of nitrogens with one attached hydrogen (secondary N) is 1. The molecule has 2 N–H and O–H groups in total. The topological polar surface area (TPSA) is 44.7 Å². The Morgan fingerprint density at radius 3 is 2.47 bits per heavy atom. The van der Waals surface area contributed by atoms with E-state index in [1.807, 2.05) is 0 Å². The van der Waals surface area contributed by atoms with Gasteiger partial charge in [0.15, 0.2) is 0 Å². The first-order valence-corrected chi connectivity index (χ1v) is 6.59. The monoisotopic (exact) mass is 284 g/mol. The van der Waals surface area contributed by atoms with Gasteiger partial charge in [0.1, 0.15) is 0 Å². The minimum Gasteiger partial charge on any atom is -0.396 e. The number of piperidine rings is 1. The number of hydrogen-bond acceptors (Lipinski definition) is 4. The van der Waals surface area contributed by atoms with Gasteiger partial charge in [-0.3, -0.25) is 4.90 Å². The molecule has 0 aromatic heterocycles. The van der Waals surface area contributed by atoms with Crippen LogP contribution in [0.2, 0.25) is 0 Å². The Hall–Kier alpha value is -0.370. The van der Waals surface area contributed by atoms with Crippen LogP contribution in [0.3, 0.4) is 0 Å². The van der Waals surface area contributed by atoms with Crippen molar-refractivity contribution in [1.29, 1.82) is 0 Å². The van der Waals surface area contributed by atoms with E-state index in [0.29, 0.717) is 39.0 Å². The van der Waals surface area contributed by atoms with Crippen LogP contribution in [0.25, 0.3) is 0 Å². The molecule has 1 aliphatic heterocycles. The average molecular weight is 284 g/mol. The fourth-order valence-electron chi connectivity index (χ4n) is 2.42. The molecule has 4 nitrogen and oxygen atoms in total. The molecule has 7 heteroatoms. The Morgan fingerprint density at radius 2 is 2.00 bits per heavy atom. The number of aliphatic hydroxyl groups is 1. The minimum absolute atomic E-state index is 0.0640. The third-order valence-corrected chi connectivity index (χ3v) is 3.31. The number of hydrogen-bond donors (Lipinski definition) is 2. The van der Waals surface area contributed by atoms with Crippen LogP contribution in [-0.2, 0) is 4.74 Å². The summed E-state index contributed by atoms with van der Waals surface area (Å²) in [6, 6.07) is 0.269. The van der Waals surface area contributed by atoms with Crippen molar-refractivity contribution in [1.82, 2.24) is 10.2 Å². The summed E-state index contributed by atoms with van der Waals surface area (Å²) in [6.45, 7) is 0.668. The van der Waals surface area contributed by atoms with Crippen LogP contribution in [0.5, 0.6) is 0 Å². The predicted octanol–water partition coefficient (Wildman–Crippen LogP) is 1.00. The Kier molecular flexibility index (Phi) is 7.06. The highest BCUT2D eigenvalue weighted by Gasteiger charge is 2.32. The molecule has 1 saturated heterocycles. The van der Waals surface area contributed by atoms with E-state index in [1.165, 1.54) is 4.90 Å². The van der Waals surface area contributed by atoms with E-state index in [2.05, 4.69) is 5.32 Å². The van der Waals surface area contributed by atoms with Gasteiger partial charge in [0.2, 0.25) is 0 Å². The lowest BCUT2D eigenvalue weighted by atomic mass is 10.0. The summed E-state index contributed by atoms with van der Waals surface area (Å²) in [7, 11) is 1.60. The number of halogens is 3. The Morgan fingerprint density at radius 1 is 1.37 bits per heavy atom. The Bertz CT molecular complexity index is 238. The van der Waals surface area contributed by atoms with Crippen LogP contribution < -0.4 is 5.32 Å². The first-order valence-electron chi connectivity index (χ1n) is 6.59. The third kappa shape index (κ3) is 7.10. The summed E-state index contributed by atoms with van der Waals surface area (Å²) in [5.74, 6) is 0. The highest BCUT2D eigenvalue weighted by molar-refractivity contribution is 4.81. The van der Waals surface area contributed by atoms with Gasteiger partial charge in [-0.15, -0.1) is 0 Å². The zero-order valence-electron chi connectivity index (χ0n) is 11.2. The van der Waals surface area contributed by atoms with Gasteiger partial charge in [-0.05, 0) is 32.4 Å². The number of nitrogens with zero attached hydrogens (tertiary/aromatic N) is 1. The molecule has 1 unspecified atom stereocenters. The maximum absolute atomic E-state index is 12.2. The fraction of sp³-hybridized carbons (Fsp3) is 1.00. The molecule has 0 radical (unpaired) electrons. The zero-order valence-corrected chi connectivity index (χ0v) is 11.2.